The zero-order chi connectivity index (χ0) is 22.2. The number of anilines is 2. The largest absolute Gasteiger partial charge is 0.513 e. The highest BCUT2D eigenvalue weighted by molar-refractivity contribution is 6.07. The van der Waals surface area contributed by atoms with Crippen LogP contribution in [0, 0.1) is 0 Å². The SMILES string of the molecule is CCOC(=O)Oc1ccc(C(=O)Nc2cccc(NC(=O)c3ccccc3O)c2)cc1. The molecule has 0 aliphatic carbocycles. The number of phenols is 1. The molecule has 3 rings (SSSR count). The molecule has 0 radical (unpaired) electrons. The molecular weight excluding hydrogens is 400 g/mol. The van der Waals surface area contributed by atoms with Crippen molar-refractivity contribution in [3.63, 3.8) is 0 Å². The monoisotopic (exact) mass is 420 g/mol. The molecule has 3 aromatic carbocycles. The van der Waals surface area contributed by atoms with Gasteiger partial charge in [0.2, 0.25) is 0 Å². The summed E-state index contributed by atoms with van der Waals surface area (Å²) >= 11 is 0. The van der Waals surface area contributed by atoms with E-state index in [0.29, 0.717) is 16.9 Å². The molecule has 0 unspecified atom stereocenters. The first-order valence-electron chi connectivity index (χ1n) is 9.41. The minimum absolute atomic E-state index is 0.125. The van der Waals surface area contributed by atoms with E-state index >= 15 is 0 Å². The highest BCUT2D eigenvalue weighted by Gasteiger charge is 2.12. The van der Waals surface area contributed by atoms with Crippen LogP contribution in [-0.2, 0) is 4.74 Å². The highest BCUT2D eigenvalue weighted by Crippen LogP contribution is 2.21. The Hall–Kier alpha value is -4.33. The van der Waals surface area contributed by atoms with Crippen LogP contribution >= 0.6 is 0 Å². The number of ether oxygens (including phenoxy) is 2. The van der Waals surface area contributed by atoms with E-state index in [9.17, 15) is 19.5 Å². The third kappa shape index (κ3) is 5.83. The van der Waals surface area contributed by atoms with Crippen LogP contribution in [0.2, 0.25) is 0 Å². The van der Waals surface area contributed by atoms with Crippen LogP contribution in [0.15, 0.2) is 72.8 Å². The fourth-order valence-corrected chi connectivity index (χ4v) is 2.66. The van der Waals surface area contributed by atoms with Crippen molar-refractivity contribution in [1.29, 1.82) is 0 Å². The van der Waals surface area contributed by atoms with Gasteiger partial charge in [-0.3, -0.25) is 9.59 Å². The molecule has 0 aliphatic heterocycles. The number of nitrogens with one attached hydrogen (secondary N) is 2. The molecule has 3 aromatic rings. The van der Waals surface area contributed by atoms with E-state index < -0.39 is 12.1 Å². The Kier molecular flexibility index (Phi) is 6.85. The fourth-order valence-electron chi connectivity index (χ4n) is 2.66. The van der Waals surface area contributed by atoms with Gasteiger partial charge in [0.1, 0.15) is 11.5 Å². The van der Waals surface area contributed by atoms with Crippen LogP contribution in [0.25, 0.3) is 0 Å². The maximum absolute atomic E-state index is 12.5. The van der Waals surface area contributed by atoms with E-state index in [-0.39, 0.29) is 29.6 Å². The molecule has 8 heteroatoms. The van der Waals surface area contributed by atoms with Crippen LogP contribution in [0.4, 0.5) is 16.2 Å². The molecule has 2 amide bonds. The molecule has 31 heavy (non-hydrogen) atoms. The van der Waals surface area contributed by atoms with E-state index in [4.69, 9.17) is 9.47 Å². The Labute approximate surface area is 178 Å². The van der Waals surface area contributed by atoms with Gasteiger partial charge in [-0.2, -0.15) is 0 Å². The second kappa shape index (κ2) is 9.93. The fraction of sp³-hybridized carbons (Fsp3) is 0.0870. The lowest BCUT2D eigenvalue weighted by atomic mass is 10.1. The van der Waals surface area contributed by atoms with E-state index in [1.165, 1.54) is 36.4 Å². The number of carbonyl (C=O) groups excluding carboxylic acids is 3. The molecule has 0 bridgehead atoms. The van der Waals surface area contributed by atoms with Crippen LogP contribution in [0.1, 0.15) is 27.6 Å². The van der Waals surface area contributed by atoms with E-state index in [1.807, 2.05) is 0 Å². The number of hydrogen-bond acceptors (Lipinski definition) is 6. The number of benzene rings is 3. The van der Waals surface area contributed by atoms with Gasteiger partial charge >= 0.3 is 6.16 Å². The molecule has 3 N–H and O–H groups in total. The standard InChI is InChI=1S/C23H20N2O6/c1-2-30-23(29)31-18-12-10-15(11-13-18)21(27)24-16-6-5-7-17(14-16)25-22(28)19-8-3-4-9-20(19)26/h3-14,26H,2H2,1H3,(H,24,27)(H,25,28). The van der Waals surface area contributed by atoms with E-state index in [2.05, 4.69) is 10.6 Å². The van der Waals surface area contributed by atoms with Gasteiger partial charge in [0, 0.05) is 16.9 Å². The average Bonchev–Trinajstić information content (AvgIpc) is 2.75. The molecule has 8 nitrogen and oxygen atoms in total. The average molecular weight is 420 g/mol. The van der Waals surface area contributed by atoms with Crippen molar-refractivity contribution in [1.82, 2.24) is 0 Å². The van der Waals surface area contributed by atoms with Gasteiger partial charge in [0.05, 0.1) is 12.2 Å². The molecule has 0 saturated heterocycles. The summed E-state index contributed by atoms with van der Waals surface area (Å²) in [6.45, 7) is 1.87. The zero-order valence-corrected chi connectivity index (χ0v) is 16.6. The van der Waals surface area contributed by atoms with Crippen molar-refractivity contribution in [2.45, 2.75) is 6.92 Å². The topological polar surface area (TPSA) is 114 Å². The van der Waals surface area contributed by atoms with Crippen molar-refractivity contribution in [3.05, 3.63) is 83.9 Å². The van der Waals surface area contributed by atoms with Crippen LogP contribution in [0.3, 0.4) is 0 Å². The predicted octanol–water partition coefficient (Wildman–Crippen LogP) is 4.43. The van der Waals surface area contributed by atoms with Gasteiger partial charge in [-0.1, -0.05) is 18.2 Å². The summed E-state index contributed by atoms with van der Waals surface area (Å²) in [5.41, 5.74) is 1.40. The first-order chi connectivity index (χ1) is 15.0. The Morgan fingerprint density at radius 3 is 2.13 bits per heavy atom. The number of phenolic OH excluding ortho intramolecular Hbond substituents is 1. The number of para-hydroxylation sites is 1. The summed E-state index contributed by atoms with van der Waals surface area (Å²) in [6, 6.07) is 18.8. The maximum atomic E-state index is 12.5. The molecular formula is C23H20N2O6. The number of rotatable bonds is 6. The first-order valence-corrected chi connectivity index (χ1v) is 9.41. The number of carbonyl (C=O) groups is 3. The van der Waals surface area contributed by atoms with Crippen LogP contribution in [-0.4, -0.2) is 29.7 Å². The lowest BCUT2D eigenvalue weighted by Crippen LogP contribution is -2.14. The van der Waals surface area contributed by atoms with Gasteiger partial charge in [-0.15, -0.1) is 0 Å². The maximum Gasteiger partial charge on any atom is 0.513 e. The van der Waals surface area contributed by atoms with Crippen molar-refractivity contribution in [3.8, 4) is 11.5 Å². The van der Waals surface area contributed by atoms with Crippen molar-refractivity contribution in [2.75, 3.05) is 17.2 Å². The van der Waals surface area contributed by atoms with Crippen molar-refractivity contribution < 1.29 is 29.0 Å². The van der Waals surface area contributed by atoms with E-state index in [1.54, 1.807) is 43.3 Å². The zero-order valence-electron chi connectivity index (χ0n) is 16.6. The Morgan fingerprint density at radius 1 is 0.839 bits per heavy atom. The summed E-state index contributed by atoms with van der Waals surface area (Å²) in [5.74, 6) is -0.727. The molecule has 0 aliphatic rings. The van der Waals surface area contributed by atoms with Gasteiger partial charge in [-0.05, 0) is 61.5 Å². The predicted molar refractivity (Wildman–Crippen MR) is 115 cm³/mol. The third-order valence-corrected chi connectivity index (χ3v) is 4.11. The second-order valence-electron chi connectivity index (χ2n) is 6.32. The molecule has 0 heterocycles. The molecule has 0 saturated carbocycles. The van der Waals surface area contributed by atoms with Gasteiger partial charge < -0.3 is 25.2 Å². The molecule has 0 aromatic heterocycles. The lowest BCUT2D eigenvalue weighted by Gasteiger charge is -2.10. The quantitative estimate of drug-likeness (QED) is 0.401. The van der Waals surface area contributed by atoms with Gasteiger partial charge in [-0.25, -0.2) is 4.79 Å². The summed E-state index contributed by atoms with van der Waals surface area (Å²) in [6.07, 6.45) is -0.817. The number of amides is 2. The molecule has 0 spiro atoms. The normalized spacial score (nSPS) is 10.1. The van der Waals surface area contributed by atoms with Gasteiger partial charge in [0.15, 0.2) is 0 Å². The minimum Gasteiger partial charge on any atom is -0.507 e. The summed E-state index contributed by atoms with van der Waals surface area (Å²) in [5, 5.41) is 15.2. The summed E-state index contributed by atoms with van der Waals surface area (Å²) < 4.78 is 9.65. The van der Waals surface area contributed by atoms with Crippen LogP contribution < -0.4 is 15.4 Å². The Bertz CT molecular complexity index is 1100. The third-order valence-electron chi connectivity index (χ3n) is 4.11. The lowest BCUT2D eigenvalue weighted by molar-refractivity contribution is 0.101. The number of hydrogen-bond donors (Lipinski definition) is 3. The smallest absolute Gasteiger partial charge is 0.507 e. The highest BCUT2D eigenvalue weighted by atomic mass is 16.7. The minimum atomic E-state index is -0.817. The summed E-state index contributed by atoms with van der Waals surface area (Å²) in [7, 11) is 0. The van der Waals surface area contributed by atoms with Crippen LogP contribution in [0.5, 0.6) is 11.5 Å². The second-order valence-corrected chi connectivity index (χ2v) is 6.32. The summed E-state index contributed by atoms with van der Waals surface area (Å²) in [4.78, 5) is 36.1. The molecule has 158 valence electrons. The van der Waals surface area contributed by atoms with E-state index in [0.717, 1.165) is 0 Å². The first kappa shape index (κ1) is 21.4. The molecule has 0 atom stereocenters. The molecule has 0 fully saturated rings. The Morgan fingerprint density at radius 2 is 1.48 bits per heavy atom. The Balaban J connectivity index is 1.64. The van der Waals surface area contributed by atoms with Crippen molar-refractivity contribution >= 4 is 29.3 Å². The van der Waals surface area contributed by atoms with Crippen molar-refractivity contribution in [2.24, 2.45) is 0 Å². The van der Waals surface area contributed by atoms with Gasteiger partial charge in [0.25, 0.3) is 11.8 Å². The number of aromatic hydroxyl groups is 1.